The number of nitrogens with one attached hydrogen (secondary N) is 3. The third kappa shape index (κ3) is 8.25. The number of likely N-dealkylation sites (tertiary alicyclic amines) is 1. The van der Waals surface area contributed by atoms with Gasteiger partial charge in [0.15, 0.2) is 5.84 Å². The molecule has 50 heavy (non-hydrogen) atoms. The number of carbonyl (C=O) groups is 2. The van der Waals surface area contributed by atoms with Crippen LogP contribution in [0.25, 0.3) is 5.57 Å². The summed E-state index contributed by atoms with van der Waals surface area (Å²) in [4.78, 5) is 39.8. The molecule has 5 rings (SSSR count). The maximum Gasteiger partial charge on any atom is 0.433 e. The number of aromatic nitrogens is 1. The van der Waals surface area contributed by atoms with Gasteiger partial charge in [0.25, 0.3) is 0 Å². The van der Waals surface area contributed by atoms with E-state index in [9.17, 15) is 22.8 Å². The predicted octanol–water partition coefficient (Wildman–Crippen LogP) is 4.66. The Balaban J connectivity index is 1.18. The molecular weight excluding hydrogens is 647 g/mol. The lowest BCUT2D eigenvalue weighted by Crippen LogP contribution is -2.42. The summed E-state index contributed by atoms with van der Waals surface area (Å²) in [5.41, 5.74) is 8.62. The van der Waals surface area contributed by atoms with Crippen molar-refractivity contribution in [2.75, 3.05) is 56.9 Å². The van der Waals surface area contributed by atoms with Gasteiger partial charge in [-0.1, -0.05) is 30.3 Å². The number of alkyl halides is 3. The van der Waals surface area contributed by atoms with E-state index in [1.165, 1.54) is 12.4 Å². The molecular formula is C36H40F3N9O2. The third-order valence-electron chi connectivity index (χ3n) is 8.93. The standard InChI is InChI=1S/C36H40F3N9O2/c1-3-48(28-8-9-30(40)29(19-28)33(41)26-10-14-44-31(18-26)36(37,38)39)35(50)27-11-15-46(20-27)21-32(49)47-16-12-24(13-17-47)23-4-6-25(7-5-23)34(42)45-22-43-2/h4-10,12,14,18-19,22,27,41H,3,11,13,15-17,20-21,40H2,1-2H3,(H2,42,43,45)/t27-/m1/s1. The number of hydrogen-bond donors (Lipinski definition) is 4. The number of nitrogens with zero attached hydrogens (tertiary/aromatic N) is 5. The molecule has 2 aromatic carbocycles. The molecule has 3 heterocycles. The van der Waals surface area contributed by atoms with Crippen molar-refractivity contribution in [3.05, 3.63) is 94.8 Å². The van der Waals surface area contributed by atoms with Crippen LogP contribution in [-0.4, -0.2) is 90.8 Å². The van der Waals surface area contributed by atoms with Crippen molar-refractivity contribution in [3.8, 4) is 0 Å². The Hall–Kier alpha value is -5.37. The second kappa shape index (κ2) is 15.5. The van der Waals surface area contributed by atoms with Gasteiger partial charge in [0.1, 0.15) is 5.69 Å². The molecule has 11 nitrogen and oxygen atoms in total. The van der Waals surface area contributed by atoms with Crippen LogP contribution in [0.4, 0.5) is 24.5 Å². The number of anilines is 2. The zero-order valence-electron chi connectivity index (χ0n) is 27.9. The van der Waals surface area contributed by atoms with Crippen molar-refractivity contribution >= 4 is 46.6 Å². The van der Waals surface area contributed by atoms with Gasteiger partial charge < -0.3 is 20.9 Å². The molecule has 0 aliphatic carbocycles. The first-order valence-corrected chi connectivity index (χ1v) is 16.3. The number of halogens is 3. The summed E-state index contributed by atoms with van der Waals surface area (Å²) in [6, 6.07) is 14.5. The van der Waals surface area contributed by atoms with Crippen LogP contribution in [-0.2, 0) is 15.8 Å². The van der Waals surface area contributed by atoms with E-state index >= 15 is 0 Å². The van der Waals surface area contributed by atoms with Gasteiger partial charge in [0, 0.05) is 67.5 Å². The highest BCUT2D eigenvalue weighted by Gasteiger charge is 2.34. The van der Waals surface area contributed by atoms with Crippen molar-refractivity contribution < 1.29 is 22.8 Å². The van der Waals surface area contributed by atoms with Gasteiger partial charge in [-0.05, 0) is 67.8 Å². The van der Waals surface area contributed by atoms with Gasteiger partial charge in [-0.2, -0.15) is 13.2 Å². The lowest BCUT2D eigenvalue weighted by Gasteiger charge is -2.29. The smallest absolute Gasteiger partial charge is 0.398 e. The van der Waals surface area contributed by atoms with E-state index in [4.69, 9.17) is 16.6 Å². The summed E-state index contributed by atoms with van der Waals surface area (Å²) in [6.07, 6.45) is 1.15. The van der Waals surface area contributed by atoms with Gasteiger partial charge in [0.2, 0.25) is 11.8 Å². The summed E-state index contributed by atoms with van der Waals surface area (Å²) in [7, 11) is 1.72. The van der Waals surface area contributed by atoms with Gasteiger partial charge >= 0.3 is 6.18 Å². The summed E-state index contributed by atoms with van der Waals surface area (Å²) in [5, 5.41) is 19.4. The van der Waals surface area contributed by atoms with Gasteiger partial charge in [-0.3, -0.25) is 30.3 Å². The molecule has 0 unspecified atom stereocenters. The Kier molecular flexibility index (Phi) is 11.1. The van der Waals surface area contributed by atoms with Gasteiger partial charge in [-0.15, -0.1) is 0 Å². The fourth-order valence-corrected chi connectivity index (χ4v) is 6.18. The summed E-state index contributed by atoms with van der Waals surface area (Å²) < 4.78 is 39.7. The number of benzene rings is 2. The molecule has 14 heteroatoms. The molecule has 0 saturated carbocycles. The lowest BCUT2D eigenvalue weighted by atomic mass is 9.98. The summed E-state index contributed by atoms with van der Waals surface area (Å²) >= 11 is 0. The SMILES string of the molecule is CCN(C(=O)[C@@H]1CCN(CC(=O)N2CC=C(c3ccc(C(=N)/N=C\NC)cc3)CC2)C1)c1ccc(N)c(C(=N)c2ccnc(C(F)(F)F)c2)c1. The van der Waals surface area contributed by atoms with Crippen LogP contribution < -0.4 is 16.0 Å². The summed E-state index contributed by atoms with van der Waals surface area (Å²) in [6.45, 7) is 4.45. The highest BCUT2D eigenvalue weighted by molar-refractivity contribution is 6.14. The van der Waals surface area contributed by atoms with Crippen LogP contribution in [0.3, 0.4) is 0 Å². The average molecular weight is 688 g/mol. The molecule has 3 aromatic rings. The highest BCUT2D eigenvalue weighted by atomic mass is 19.4. The van der Waals surface area contributed by atoms with E-state index < -0.39 is 11.9 Å². The number of pyridine rings is 1. The van der Waals surface area contributed by atoms with E-state index in [0.717, 1.165) is 23.4 Å². The number of amidine groups is 1. The molecule has 2 amide bonds. The molecule has 1 saturated heterocycles. The van der Waals surface area contributed by atoms with Crippen molar-refractivity contribution in [1.29, 1.82) is 10.8 Å². The fraction of sp³-hybridized carbons (Fsp3) is 0.333. The first-order valence-electron chi connectivity index (χ1n) is 16.3. The predicted molar refractivity (Wildman–Crippen MR) is 189 cm³/mol. The number of nitrogens with two attached hydrogens (primary N) is 1. The highest BCUT2D eigenvalue weighted by Crippen LogP contribution is 2.31. The molecule has 0 spiro atoms. The van der Waals surface area contributed by atoms with Crippen molar-refractivity contribution in [2.24, 2.45) is 10.9 Å². The largest absolute Gasteiger partial charge is 0.433 e. The Morgan fingerprint density at radius 1 is 1.10 bits per heavy atom. The number of aliphatic imine (C=N–C) groups is 1. The maximum atomic E-state index is 13.7. The van der Waals surface area contributed by atoms with E-state index in [-0.39, 0.29) is 52.6 Å². The first-order chi connectivity index (χ1) is 23.9. The molecule has 1 atom stereocenters. The molecule has 0 bridgehead atoms. The second-order valence-corrected chi connectivity index (χ2v) is 12.2. The lowest BCUT2D eigenvalue weighted by molar-refractivity contribution is -0.141. The van der Waals surface area contributed by atoms with Crippen LogP contribution in [0.15, 0.2) is 71.9 Å². The Morgan fingerprint density at radius 3 is 2.52 bits per heavy atom. The fourth-order valence-electron chi connectivity index (χ4n) is 6.18. The average Bonchev–Trinajstić information content (AvgIpc) is 3.59. The molecule has 262 valence electrons. The van der Waals surface area contributed by atoms with Crippen molar-refractivity contribution in [2.45, 2.75) is 25.9 Å². The van der Waals surface area contributed by atoms with Crippen LogP contribution in [0.2, 0.25) is 0 Å². The van der Waals surface area contributed by atoms with Crippen LogP contribution in [0.1, 0.15) is 47.7 Å². The molecule has 2 aliphatic rings. The van der Waals surface area contributed by atoms with Gasteiger partial charge in [-0.25, -0.2) is 4.99 Å². The Labute approximate surface area is 288 Å². The number of nitrogen functional groups attached to an aromatic ring is 1. The number of carbonyl (C=O) groups excluding carboxylic acids is 2. The van der Waals surface area contributed by atoms with Crippen LogP contribution >= 0.6 is 0 Å². The maximum absolute atomic E-state index is 13.7. The minimum Gasteiger partial charge on any atom is -0.398 e. The number of rotatable bonds is 10. The quantitative estimate of drug-likeness (QED) is 0.138. The molecule has 5 N–H and O–H groups in total. The Morgan fingerprint density at radius 2 is 1.86 bits per heavy atom. The first kappa shape index (κ1) is 35.9. The molecule has 2 aliphatic heterocycles. The second-order valence-electron chi connectivity index (χ2n) is 12.2. The van der Waals surface area contributed by atoms with Crippen LogP contribution in [0.5, 0.6) is 0 Å². The van der Waals surface area contributed by atoms with Crippen LogP contribution in [0, 0.1) is 16.7 Å². The molecule has 1 fully saturated rings. The monoisotopic (exact) mass is 687 g/mol. The zero-order valence-corrected chi connectivity index (χ0v) is 27.9. The van der Waals surface area contributed by atoms with E-state index in [0.29, 0.717) is 56.8 Å². The molecule has 0 radical (unpaired) electrons. The van der Waals surface area contributed by atoms with Crippen molar-refractivity contribution in [3.63, 3.8) is 0 Å². The topological polar surface area (TPSA) is 155 Å². The van der Waals surface area contributed by atoms with E-state index in [2.05, 4.69) is 21.4 Å². The number of amides is 2. The Bertz CT molecular complexity index is 1820. The third-order valence-corrected chi connectivity index (χ3v) is 8.93. The zero-order chi connectivity index (χ0) is 36.0. The number of hydrogen-bond acceptors (Lipinski definition) is 7. The van der Waals surface area contributed by atoms with E-state index in [1.807, 2.05) is 41.0 Å². The normalized spacial score (nSPS) is 16.7. The molecule has 1 aromatic heterocycles. The van der Waals surface area contributed by atoms with E-state index in [1.54, 1.807) is 30.1 Å². The minimum absolute atomic E-state index is 0.00146. The summed E-state index contributed by atoms with van der Waals surface area (Å²) in [5.74, 6) is -0.314. The van der Waals surface area contributed by atoms with Crippen molar-refractivity contribution in [1.82, 2.24) is 20.1 Å². The van der Waals surface area contributed by atoms with Gasteiger partial charge in [0.05, 0.1) is 24.5 Å². The minimum atomic E-state index is -4.66.